The van der Waals surface area contributed by atoms with Gasteiger partial charge in [-0.3, -0.25) is 24.1 Å². The molecule has 3 heterocycles. The quantitative estimate of drug-likeness (QED) is 0.241. The predicted octanol–water partition coefficient (Wildman–Crippen LogP) is 0.403. The number of hydrogen-bond donors (Lipinski definition) is 3. The van der Waals surface area contributed by atoms with E-state index in [2.05, 4.69) is 10.6 Å². The lowest BCUT2D eigenvalue weighted by atomic mass is 9.95. The van der Waals surface area contributed by atoms with Crippen molar-refractivity contribution in [1.82, 2.24) is 25.3 Å². The zero-order chi connectivity index (χ0) is 27.1. The number of carboxylic acids is 1. The van der Waals surface area contributed by atoms with Crippen molar-refractivity contribution in [2.24, 2.45) is 0 Å². The van der Waals surface area contributed by atoms with Crippen molar-refractivity contribution < 1.29 is 33.9 Å². The van der Waals surface area contributed by atoms with Crippen molar-refractivity contribution in [2.75, 3.05) is 19.6 Å². The van der Waals surface area contributed by atoms with Crippen molar-refractivity contribution in [1.29, 1.82) is 0 Å². The van der Waals surface area contributed by atoms with E-state index in [1.54, 1.807) is 13.8 Å². The van der Waals surface area contributed by atoms with Crippen LogP contribution in [0.4, 0.5) is 4.79 Å². The number of nitrogens with zero attached hydrogens (tertiary/aromatic N) is 3. The molecule has 6 amide bonds. The van der Waals surface area contributed by atoms with E-state index >= 15 is 0 Å². The smallest absolute Gasteiger partial charge is 0.328 e. The summed E-state index contributed by atoms with van der Waals surface area (Å²) in [4.78, 5) is 78.4. The summed E-state index contributed by atoms with van der Waals surface area (Å²) >= 11 is 1.34. The number of aliphatic carboxylic acids is 1. The number of piperazine rings is 1. The monoisotopic (exact) mass is 533 g/mol. The maximum atomic E-state index is 12.9. The van der Waals surface area contributed by atoms with Gasteiger partial charge < -0.3 is 25.5 Å². The molecule has 0 bridgehead atoms. The molecule has 13 heteroatoms. The third-order valence-corrected chi connectivity index (χ3v) is 8.52. The van der Waals surface area contributed by atoms with Gasteiger partial charge in [-0.25, -0.2) is 9.59 Å². The van der Waals surface area contributed by atoms with Crippen LogP contribution in [0.15, 0.2) is 23.4 Å². The molecule has 3 fully saturated rings. The lowest BCUT2D eigenvalue weighted by molar-refractivity contribution is -0.161. The van der Waals surface area contributed by atoms with E-state index in [0.29, 0.717) is 37.1 Å². The van der Waals surface area contributed by atoms with Crippen LogP contribution < -0.4 is 10.6 Å². The van der Waals surface area contributed by atoms with Gasteiger partial charge in [-0.15, -0.1) is 11.8 Å². The first kappa shape index (κ1) is 26.7. The zero-order valence-corrected chi connectivity index (χ0v) is 21.8. The Labute approximate surface area is 218 Å². The minimum absolute atomic E-state index is 0.0793. The first-order chi connectivity index (χ1) is 17.5. The number of amides is 6. The van der Waals surface area contributed by atoms with Gasteiger partial charge in [0.2, 0.25) is 11.8 Å². The first-order valence-corrected chi connectivity index (χ1v) is 13.1. The van der Waals surface area contributed by atoms with Gasteiger partial charge in [0.1, 0.15) is 17.5 Å². The van der Waals surface area contributed by atoms with Gasteiger partial charge in [0.25, 0.3) is 0 Å². The van der Waals surface area contributed by atoms with Crippen LogP contribution in [0.2, 0.25) is 0 Å². The Hall–Kier alpha value is -3.35. The van der Waals surface area contributed by atoms with Crippen LogP contribution in [0.5, 0.6) is 0 Å². The van der Waals surface area contributed by atoms with Gasteiger partial charge in [0, 0.05) is 42.9 Å². The molecule has 1 aliphatic carbocycles. The van der Waals surface area contributed by atoms with Crippen LogP contribution in [0.3, 0.4) is 0 Å². The fraction of sp³-hybridized carbons (Fsp3) is 0.583. The van der Waals surface area contributed by atoms with Crippen molar-refractivity contribution in [3.63, 3.8) is 0 Å². The highest BCUT2D eigenvalue weighted by molar-refractivity contribution is 8.01. The van der Waals surface area contributed by atoms with Crippen molar-refractivity contribution in [2.45, 2.75) is 68.7 Å². The van der Waals surface area contributed by atoms with E-state index in [9.17, 15) is 33.9 Å². The normalized spacial score (nSPS) is 26.7. The number of β-lactam (4-membered cyclic amide) rings is 1. The molecule has 3 N–H and O–H groups in total. The number of fused-ring (bicyclic) bond motifs is 1. The van der Waals surface area contributed by atoms with Crippen molar-refractivity contribution in [3.05, 3.63) is 23.4 Å². The number of allylic oxidation sites excluding steroid dienone is 2. The fourth-order valence-corrected chi connectivity index (χ4v) is 6.75. The minimum atomic E-state index is -1.08. The Morgan fingerprint density at radius 1 is 1.11 bits per heavy atom. The molecule has 0 saturated carbocycles. The molecule has 0 aromatic heterocycles. The molecule has 37 heavy (non-hydrogen) atoms. The maximum absolute atomic E-state index is 12.9. The molecule has 0 aromatic carbocycles. The molecule has 0 spiro atoms. The number of thioether (sulfide) groups is 1. The number of nitrogens with one attached hydrogen (secondary N) is 2. The van der Waals surface area contributed by atoms with E-state index in [-0.39, 0.29) is 19.5 Å². The second-order valence-electron chi connectivity index (χ2n) is 9.96. The predicted molar refractivity (Wildman–Crippen MR) is 133 cm³/mol. The van der Waals surface area contributed by atoms with E-state index in [0.717, 1.165) is 4.90 Å². The third kappa shape index (κ3) is 4.96. The van der Waals surface area contributed by atoms with Gasteiger partial charge in [-0.1, -0.05) is 19.1 Å². The van der Waals surface area contributed by atoms with Crippen LogP contribution >= 0.6 is 11.8 Å². The molecule has 200 valence electrons. The summed E-state index contributed by atoms with van der Waals surface area (Å²) in [5.41, 5.74) is 1.10. The van der Waals surface area contributed by atoms with E-state index in [1.165, 1.54) is 21.6 Å². The highest BCUT2D eigenvalue weighted by Gasteiger charge is 2.64. The van der Waals surface area contributed by atoms with Crippen LogP contribution in [0, 0.1) is 0 Å². The van der Waals surface area contributed by atoms with Crippen LogP contribution in [0.1, 0.15) is 46.5 Å². The largest absolute Gasteiger partial charge is 0.480 e. The Kier molecular flexibility index (Phi) is 7.36. The minimum Gasteiger partial charge on any atom is -0.480 e. The second-order valence-corrected chi connectivity index (χ2v) is 11.7. The molecule has 3 aliphatic heterocycles. The van der Waals surface area contributed by atoms with Crippen LogP contribution in [0.25, 0.3) is 0 Å². The van der Waals surface area contributed by atoms with E-state index in [4.69, 9.17) is 0 Å². The molecule has 4 rings (SSSR count). The summed E-state index contributed by atoms with van der Waals surface area (Å²) in [5.74, 6) is -3.53. The Morgan fingerprint density at radius 3 is 2.49 bits per heavy atom. The van der Waals surface area contributed by atoms with Gasteiger partial charge >= 0.3 is 23.8 Å². The molecule has 3 saturated heterocycles. The number of imide groups is 1. The number of carboxylic acid groups (broad SMARTS) is 1. The summed E-state index contributed by atoms with van der Waals surface area (Å²) in [6.07, 6.45) is 5.06. The molecule has 0 aromatic rings. The molecule has 0 radical (unpaired) electrons. The Balaban J connectivity index is 1.38. The van der Waals surface area contributed by atoms with Gasteiger partial charge in [0.15, 0.2) is 0 Å². The lowest BCUT2D eigenvalue weighted by Crippen LogP contribution is -2.70. The number of urea groups is 1. The molecule has 4 aliphatic rings. The van der Waals surface area contributed by atoms with Crippen LogP contribution in [-0.2, 0) is 24.0 Å². The zero-order valence-electron chi connectivity index (χ0n) is 21.0. The molecule has 3 atom stereocenters. The fourth-order valence-electron chi connectivity index (χ4n) is 5.12. The van der Waals surface area contributed by atoms with Crippen molar-refractivity contribution >= 4 is 47.4 Å². The molecular weight excluding hydrogens is 502 g/mol. The van der Waals surface area contributed by atoms with Gasteiger partial charge in [0.05, 0.1) is 0 Å². The lowest BCUT2D eigenvalue weighted by Gasteiger charge is -2.43. The summed E-state index contributed by atoms with van der Waals surface area (Å²) in [6.45, 7) is 6.22. The summed E-state index contributed by atoms with van der Waals surface area (Å²) < 4.78 is -0.694. The number of carbonyl (C=O) groups excluding carboxylic acids is 5. The number of hydrogen-bond acceptors (Lipinski definition) is 7. The summed E-state index contributed by atoms with van der Waals surface area (Å²) in [7, 11) is 0. The first-order valence-electron chi connectivity index (χ1n) is 12.3. The molecular formula is C24H31N5O7S. The average Bonchev–Trinajstić information content (AvgIpc) is 3.09. The standard InChI is InChI=1S/C24H31N5O7S/c1-4-9-27-10-11-28(20(33)19(27)32)23(36)25-14-8-6-5-7-13(14)12-15(30)26-16-18(31)29-17(22(34)35)24(2,3)37-21(16)29/h5-6,16-17,21H,4,7-12H2,1-3H3,(H,25,36)(H,26,30)(H,34,35)/t16-,17+,21-/m1/s1. The van der Waals surface area contributed by atoms with E-state index in [1.807, 2.05) is 19.1 Å². The second kappa shape index (κ2) is 10.2. The SMILES string of the molecule is CCCN1CCN(C(=O)NC2=C(CC(=O)N[C@@H]3C(=O)N4[C@@H]3SC(C)(C)[C@@H]4C(=O)O)CC=CC2)C(=O)C1=O. The highest BCUT2D eigenvalue weighted by Crippen LogP contribution is 2.50. The Morgan fingerprint density at radius 2 is 1.81 bits per heavy atom. The third-order valence-electron chi connectivity index (χ3n) is 6.95. The number of carbonyl (C=O) groups is 6. The topological polar surface area (TPSA) is 156 Å². The summed E-state index contributed by atoms with van der Waals surface area (Å²) in [6, 6.07) is -2.50. The van der Waals surface area contributed by atoms with Crippen LogP contribution in [-0.4, -0.2) is 97.3 Å². The van der Waals surface area contributed by atoms with Gasteiger partial charge in [-0.2, -0.15) is 0 Å². The average molecular weight is 534 g/mol. The van der Waals surface area contributed by atoms with Crippen molar-refractivity contribution in [3.8, 4) is 0 Å². The molecule has 12 nitrogen and oxygen atoms in total. The highest BCUT2D eigenvalue weighted by atomic mass is 32.2. The van der Waals surface area contributed by atoms with E-state index < -0.39 is 57.8 Å². The molecule has 0 unspecified atom stereocenters. The number of rotatable bonds is 7. The maximum Gasteiger partial charge on any atom is 0.328 e. The summed E-state index contributed by atoms with van der Waals surface area (Å²) in [5, 5.41) is 14.5. The van der Waals surface area contributed by atoms with Gasteiger partial charge in [-0.05, 0) is 32.3 Å². The Bertz CT molecular complexity index is 1120.